The van der Waals surface area contributed by atoms with Crippen LogP contribution in [0.15, 0.2) is 49.4 Å². The van der Waals surface area contributed by atoms with E-state index in [1.54, 1.807) is 6.92 Å². The number of carbonyl (C=O) groups excluding carboxylic acids is 1. The van der Waals surface area contributed by atoms with Crippen LogP contribution in [0.2, 0.25) is 0 Å². The molecule has 1 saturated heterocycles. The first-order valence-electron chi connectivity index (χ1n) is 7.91. The largest absolute Gasteiger partial charge is 0.352 e. The van der Waals surface area contributed by atoms with Crippen LogP contribution in [0, 0.1) is 5.92 Å². The summed E-state index contributed by atoms with van der Waals surface area (Å²) in [7, 11) is 0. The monoisotopic (exact) mass is 287 g/mol. The number of nitrogens with zero attached hydrogens (tertiary/aromatic N) is 1. The lowest BCUT2D eigenvalue weighted by atomic mass is 9.92. The highest BCUT2D eigenvalue weighted by molar-refractivity contribution is 5.93. The minimum absolute atomic E-state index is 0.200. The van der Waals surface area contributed by atoms with Crippen LogP contribution in [0.25, 0.3) is 0 Å². The van der Waals surface area contributed by atoms with Crippen LogP contribution in [0.5, 0.6) is 0 Å². The van der Waals surface area contributed by atoms with Gasteiger partial charge in [-0.25, -0.2) is 0 Å². The van der Waals surface area contributed by atoms with Crippen LogP contribution in [0.1, 0.15) is 51.9 Å². The first kappa shape index (κ1) is 17.5. The maximum Gasteiger partial charge on any atom is 0.157 e. The number of rotatable bonds is 10. The summed E-state index contributed by atoms with van der Waals surface area (Å²) in [6.45, 7) is 18.7. The molecule has 2 nitrogen and oxygen atoms in total. The molecule has 1 heterocycles. The van der Waals surface area contributed by atoms with E-state index in [1.165, 1.54) is 5.57 Å². The van der Waals surface area contributed by atoms with Gasteiger partial charge in [0.2, 0.25) is 0 Å². The Morgan fingerprint density at radius 2 is 1.86 bits per heavy atom. The molecule has 0 aromatic heterocycles. The zero-order valence-electron chi connectivity index (χ0n) is 13.5. The molecule has 1 unspecified atom stereocenters. The lowest BCUT2D eigenvalue weighted by Crippen LogP contribution is -2.10. The second kappa shape index (κ2) is 8.66. The van der Waals surface area contributed by atoms with Crippen molar-refractivity contribution in [2.24, 2.45) is 5.92 Å². The average Bonchev–Trinajstić information content (AvgIpc) is 2.82. The van der Waals surface area contributed by atoms with Crippen LogP contribution in [-0.2, 0) is 4.79 Å². The van der Waals surface area contributed by atoms with Gasteiger partial charge in [-0.05, 0) is 44.4 Å². The molecule has 1 rings (SSSR count). The van der Waals surface area contributed by atoms with Gasteiger partial charge < -0.3 is 4.90 Å². The third-order valence-corrected chi connectivity index (χ3v) is 4.27. The van der Waals surface area contributed by atoms with Crippen LogP contribution in [0.4, 0.5) is 0 Å². The number of likely N-dealkylation sites (tertiary alicyclic amines) is 1. The highest BCUT2D eigenvalue weighted by atomic mass is 16.1. The fourth-order valence-corrected chi connectivity index (χ4v) is 2.81. The van der Waals surface area contributed by atoms with Gasteiger partial charge in [0.1, 0.15) is 0 Å². The molecular weight excluding hydrogens is 258 g/mol. The molecule has 0 amide bonds. The Morgan fingerprint density at radius 1 is 1.24 bits per heavy atom. The van der Waals surface area contributed by atoms with Gasteiger partial charge in [-0.2, -0.15) is 0 Å². The van der Waals surface area contributed by atoms with E-state index < -0.39 is 0 Å². The van der Waals surface area contributed by atoms with Crippen molar-refractivity contribution in [1.29, 1.82) is 0 Å². The predicted octanol–water partition coefficient (Wildman–Crippen LogP) is 5.01. The summed E-state index contributed by atoms with van der Waals surface area (Å²) in [6, 6.07) is 0. The first-order valence-corrected chi connectivity index (χ1v) is 7.91. The number of hydrogen-bond acceptors (Lipinski definition) is 2. The first-order chi connectivity index (χ1) is 9.97. The fraction of sp³-hybridized carbons (Fsp3) is 0.526. The Morgan fingerprint density at radius 3 is 2.38 bits per heavy atom. The summed E-state index contributed by atoms with van der Waals surface area (Å²) in [5, 5.41) is 0. The summed E-state index contributed by atoms with van der Waals surface area (Å²) in [6.07, 6.45) is 9.05. The molecule has 0 saturated carbocycles. The van der Waals surface area contributed by atoms with E-state index >= 15 is 0 Å². The maximum absolute atomic E-state index is 11.4. The molecule has 1 aliphatic rings. The molecule has 1 atom stereocenters. The molecule has 0 aromatic rings. The van der Waals surface area contributed by atoms with Crippen molar-refractivity contribution in [2.45, 2.75) is 51.9 Å². The van der Waals surface area contributed by atoms with E-state index in [0.29, 0.717) is 17.9 Å². The van der Waals surface area contributed by atoms with Crippen LogP contribution >= 0.6 is 0 Å². The van der Waals surface area contributed by atoms with Crippen molar-refractivity contribution in [2.75, 3.05) is 6.54 Å². The SMILES string of the molecule is C=CN1CCC(C(=C)CCCCCCC(=O)C(=C)C)C1=C. The van der Waals surface area contributed by atoms with Gasteiger partial charge in [0.05, 0.1) is 0 Å². The minimum atomic E-state index is 0.200. The fourth-order valence-electron chi connectivity index (χ4n) is 2.81. The number of carbonyl (C=O) groups is 1. The molecule has 2 heteroatoms. The summed E-state index contributed by atoms with van der Waals surface area (Å²) >= 11 is 0. The van der Waals surface area contributed by atoms with Gasteiger partial charge in [0.25, 0.3) is 0 Å². The normalized spacial score (nSPS) is 17.9. The zero-order valence-corrected chi connectivity index (χ0v) is 13.5. The molecule has 0 spiro atoms. The second-order valence-electron chi connectivity index (χ2n) is 5.98. The molecule has 0 N–H and O–H groups in total. The predicted molar refractivity (Wildman–Crippen MR) is 90.8 cm³/mol. The van der Waals surface area contributed by atoms with E-state index in [0.717, 1.165) is 50.8 Å². The molecule has 0 radical (unpaired) electrons. The minimum Gasteiger partial charge on any atom is -0.352 e. The standard InChI is InChI=1S/C19H29NO/c1-6-20-14-13-18(17(20)5)16(4)11-9-7-8-10-12-19(21)15(2)3/h6,18H,1-2,4-5,7-14H2,3H3. The topological polar surface area (TPSA) is 20.3 Å². The third-order valence-electron chi connectivity index (χ3n) is 4.27. The van der Waals surface area contributed by atoms with Gasteiger partial charge in [-0.15, -0.1) is 0 Å². The van der Waals surface area contributed by atoms with Gasteiger partial charge in [-0.3, -0.25) is 4.79 Å². The molecule has 1 fully saturated rings. The van der Waals surface area contributed by atoms with Crippen LogP contribution in [0.3, 0.4) is 0 Å². The van der Waals surface area contributed by atoms with Crippen molar-refractivity contribution in [1.82, 2.24) is 4.90 Å². The zero-order chi connectivity index (χ0) is 15.8. The average molecular weight is 287 g/mol. The van der Waals surface area contributed by atoms with Gasteiger partial charge in [0, 0.05) is 24.6 Å². The van der Waals surface area contributed by atoms with Crippen molar-refractivity contribution >= 4 is 5.78 Å². The van der Waals surface area contributed by atoms with E-state index in [1.807, 2.05) is 6.20 Å². The summed E-state index contributed by atoms with van der Waals surface area (Å²) in [4.78, 5) is 13.5. The maximum atomic E-state index is 11.4. The Kier molecular flexibility index (Phi) is 7.21. The van der Waals surface area contributed by atoms with Crippen LogP contribution in [-0.4, -0.2) is 17.2 Å². The molecule has 1 aliphatic heterocycles. The smallest absolute Gasteiger partial charge is 0.157 e. The van der Waals surface area contributed by atoms with E-state index in [4.69, 9.17) is 0 Å². The number of unbranched alkanes of at least 4 members (excludes halogenated alkanes) is 3. The lowest BCUT2D eigenvalue weighted by molar-refractivity contribution is -0.115. The van der Waals surface area contributed by atoms with Crippen molar-refractivity contribution in [3.63, 3.8) is 0 Å². The molecule has 116 valence electrons. The summed E-state index contributed by atoms with van der Waals surface area (Å²) < 4.78 is 0. The van der Waals surface area contributed by atoms with E-state index in [2.05, 4.69) is 31.2 Å². The molecule has 0 aromatic carbocycles. The quantitative estimate of drug-likeness (QED) is 0.320. The highest BCUT2D eigenvalue weighted by Gasteiger charge is 2.26. The Balaban J connectivity index is 2.14. The third kappa shape index (κ3) is 5.37. The second-order valence-corrected chi connectivity index (χ2v) is 5.98. The van der Waals surface area contributed by atoms with Gasteiger partial charge in [0.15, 0.2) is 5.78 Å². The van der Waals surface area contributed by atoms with E-state index in [9.17, 15) is 4.79 Å². The van der Waals surface area contributed by atoms with Crippen molar-refractivity contribution in [3.05, 3.63) is 49.4 Å². The van der Waals surface area contributed by atoms with Crippen molar-refractivity contribution in [3.8, 4) is 0 Å². The highest BCUT2D eigenvalue weighted by Crippen LogP contribution is 2.34. The van der Waals surface area contributed by atoms with Crippen LogP contribution < -0.4 is 0 Å². The number of allylic oxidation sites excluding steroid dienone is 2. The molecule has 21 heavy (non-hydrogen) atoms. The number of ketones is 1. The molecular formula is C19H29NO. The van der Waals surface area contributed by atoms with Crippen molar-refractivity contribution < 1.29 is 4.79 Å². The Bertz CT molecular complexity index is 433. The number of Topliss-reactive ketones (excluding diaryl/α,β-unsaturated/α-hetero) is 1. The summed E-state index contributed by atoms with van der Waals surface area (Å²) in [5.74, 6) is 0.624. The molecule has 0 aliphatic carbocycles. The summed E-state index contributed by atoms with van der Waals surface area (Å²) in [5.41, 5.74) is 3.11. The van der Waals surface area contributed by atoms with E-state index in [-0.39, 0.29) is 5.78 Å². The Hall–Kier alpha value is -1.57. The Labute approximate surface area is 129 Å². The lowest BCUT2D eigenvalue weighted by Gasteiger charge is -2.18. The number of hydrogen-bond donors (Lipinski definition) is 0. The van der Waals surface area contributed by atoms with Gasteiger partial charge >= 0.3 is 0 Å². The van der Waals surface area contributed by atoms with Gasteiger partial charge in [-0.1, -0.05) is 44.7 Å². The molecule has 0 bridgehead atoms.